The third-order valence-electron chi connectivity index (χ3n) is 2.84. The number of rotatable bonds is 2. The van der Waals surface area contributed by atoms with E-state index in [1.807, 2.05) is 0 Å². The molecule has 12 heteroatoms. The van der Waals surface area contributed by atoms with Gasteiger partial charge in [0.05, 0.1) is 12.7 Å². The van der Waals surface area contributed by atoms with Gasteiger partial charge < -0.3 is 24.7 Å². The molecule has 0 saturated carbocycles. The molecule has 0 radical (unpaired) electrons. The van der Waals surface area contributed by atoms with Crippen molar-refractivity contribution in [2.75, 3.05) is 6.61 Å². The molecule has 126 valence electrons. The Hall–Kier alpha value is -1.33. The van der Waals surface area contributed by atoms with E-state index in [1.54, 1.807) is 6.92 Å². The Bertz CT molecular complexity index is 657. The fraction of sp³-hybridized carbons (Fsp3) is 0.600. The van der Waals surface area contributed by atoms with Gasteiger partial charge in [0.2, 0.25) is 0 Å². The normalized spacial score (nSPS) is 24.7. The molecule has 0 aliphatic carbocycles. The lowest BCUT2D eigenvalue weighted by Gasteiger charge is -2.14. The maximum atomic E-state index is 11.6. The lowest BCUT2D eigenvalue weighted by Crippen LogP contribution is -2.33. The van der Waals surface area contributed by atoms with Crippen molar-refractivity contribution in [3.63, 3.8) is 0 Å². The van der Waals surface area contributed by atoms with E-state index in [2.05, 4.69) is 10.5 Å². The van der Waals surface area contributed by atoms with Gasteiger partial charge in [-0.2, -0.15) is 0 Å². The molecule has 0 bridgehead atoms. The molecule has 0 spiro atoms. The monoisotopic (exact) mass is 339 g/mol. The first-order valence-electron chi connectivity index (χ1n) is 6.13. The van der Waals surface area contributed by atoms with Crippen molar-refractivity contribution in [1.29, 1.82) is 0 Å². The summed E-state index contributed by atoms with van der Waals surface area (Å²) in [5.41, 5.74) is 3.38. The van der Waals surface area contributed by atoms with Crippen LogP contribution in [0.2, 0.25) is 0 Å². The van der Waals surface area contributed by atoms with Crippen molar-refractivity contribution in [3.05, 3.63) is 32.6 Å². The summed E-state index contributed by atoms with van der Waals surface area (Å²) in [6, 6.07) is 0. The Morgan fingerprint density at radius 3 is 2.50 bits per heavy atom. The maximum Gasteiger partial charge on any atom is 0.397 e. The van der Waals surface area contributed by atoms with Crippen LogP contribution in [0.25, 0.3) is 0 Å². The van der Waals surface area contributed by atoms with Crippen LogP contribution in [-0.4, -0.2) is 48.4 Å². The summed E-state index contributed by atoms with van der Waals surface area (Å²) in [5.74, 6) is 0. The van der Waals surface area contributed by atoms with Gasteiger partial charge >= 0.3 is 13.4 Å². The minimum Gasteiger partial charge on any atom is -0.394 e. The molecule has 22 heavy (non-hydrogen) atoms. The van der Waals surface area contributed by atoms with Gasteiger partial charge in [0.1, 0.15) is 12.3 Å². The minimum atomic E-state index is -4.14. The molecule has 0 unspecified atom stereocenters. The Kier molecular flexibility index (Phi) is 6.20. The summed E-state index contributed by atoms with van der Waals surface area (Å²) in [6.45, 7) is 1.26. The van der Waals surface area contributed by atoms with Gasteiger partial charge in [-0.1, -0.05) is 0 Å². The number of aliphatic hydroxyl groups is 2. The number of hydrogen-bond acceptors (Lipinski definition) is 6. The Balaban J connectivity index is 0.000000422. The summed E-state index contributed by atoms with van der Waals surface area (Å²) in [7, 11) is -4.14. The van der Waals surface area contributed by atoms with E-state index < -0.39 is 37.4 Å². The molecule has 1 aliphatic rings. The highest BCUT2D eigenvalue weighted by molar-refractivity contribution is 7.49. The Morgan fingerprint density at radius 1 is 1.50 bits per heavy atom. The highest BCUT2D eigenvalue weighted by Gasteiger charge is 2.34. The van der Waals surface area contributed by atoms with Crippen molar-refractivity contribution < 1.29 is 29.3 Å². The summed E-state index contributed by atoms with van der Waals surface area (Å²) in [6.07, 6.45) is -0.581. The molecule has 1 aromatic rings. The summed E-state index contributed by atoms with van der Waals surface area (Å²) < 4.78 is 15.6. The number of aromatic nitrogens is 2. The number of hydrogen-bond donors (Lipinski definition) is 6. The molecule has 2 rings (SSSR count). The van der Waals surface area contributed by atoms with Crippen LogP contribution in [0, 0.1) is 6.92 Å². The summed E-state index contributed by atoms with van der Waals surface area (Å²) in [4.78, 5) is 39.7. The average Bonchev–Trinajstić information content (AvgIpc) is 2.73. The molecule has 0 amide bonds. The van der Waals surface area contributed by atoms with Crippen molar-refractivity contribution >= 4 is 7.75 Å². The zero-order valence-electron chi connectivity index (χ0n) is 11.6. The average molecular weight is 339 g/mol. The van der Waals surface area contributed by atoms with Gasteiger partial charge in [-0.15, -0.1) is 0 Å². The molecule has 7 N–H and O–H groups in total. The number of nitrogens with two attached hydrogens (primary N) is 1. The quantitative estimate of drug-likeness (QED) is 0.317. The molecule has 1 fully saturated rings. The summed E-state index contributed by atoms with van der Waals surface area (Å²) in [5, 5.41) is 18.5. The predicted molar refractivity (Wildman–Crippen MR) is 73.9 cm³/mol. The fourth-order valence-electron chi connectivity index (χ4n) is 1.85. The molecular weight excluding hydrogens is 321 g/mol. The van der Waals surface area contributed by atoms with E-state index >= 15 is 0 Å². The van der Waals surface area contributed by atoms with E-state index in [0.717, 1.165) is 0 Å². The second-order valence-corrected chi connectivity index (χ2v) is 5.86. The number of aryl methyl sites for hydroxylation is 1. The maximum absolute atomic E-state index is 11.6. The van der Waals surface area contributed by atoms with Crippen molar-refractivity contribution in [1.82, 2.24) is 9.55 Å². The minimum absolute atomic E-state index is 0.205. The van der Waals surface area contributed by atoms with Crippen LogP contribution in [-0.2, 0) is 9.30 Å². The van der Waals surface area contributed by atoms with E-state index in [-0.39, 0.29) is 13.0 Å². The van der Waals surface area contributed by atoms with E-state index in [9.17, 15) is 14.7 Å². The van der Waals surface area contributed by atoms with Gasteiger partial charge in [0.15, 0.2) is 0 Å². The topological polar surface area (TPSA) is 188 Å². The molecular formula is C10H18N3O8P. The molecule has 1 aromatic heterocycles. The predicted octanol–water partition coefficient (Wildman–Crippen LogP) is -2.48. The molecule has 1 saturated heterocycles. The first-order valence-corrected chi connectivity index (χ1v) is 7.81. The molecule has 3 atom stereocenters. The van der Waals surface area contributed by atoms with Crippen LogP contribution < -0.4 is 16.8 Å². The number of H-pyrrole nitrogens is 1. The highest BCUT2D eigenvalue weighted by Crippen LogP contribution is 2.27. The van der Waals surface area contributed by atoms with Gasteiger partial charge in [-0.05, 0) is 6.92 Å². The highest BCUT2D eigenvalue weighted by atomic mass is 31.2. The van der Waals surface area contributed by atoms with Crippen LogP contribution in [0.4, 0.5) is 0 Å². The standard InChI is InChI=1S/C10H14N2O5.H4NO3P/c1-5-3-12(10(16)11-9(5)15)8-2-6(14)7(4-13)17-8;1-5(2,3)4/h3,6-8,13-14H,2,4H2,1H3,(H,11,15,16);(H4,1,2,3,4)/t6-,7+,8+;/m0./s1. The third kappa shape index (κ3) is 5.46. The largest absolute Gasteiger partial charge is 0.397 e. The van der Waals surface area contributed by atoms with Gasteiger partial charge in [0.25, 0.3) is 5.56 Å². The van der Waals surface area contributed by atoms with Crippen molar-refractivity contribution in [2.24, 2.45) is 5.50 Å². The van der Waals surface area contributed by atoms with Crippen LogP contribution in [0.3, 0.4) is 0 Å². The zero-order chi connectivity index (χ0) is 17.1. The van der Waals surface area contributed by atoms with Crippen LogP contribution in [0.5, 0.6) is 0 Å². The molecule has 1 aliphatic heterocycles. The van der Waals surface area contributed by atoms with Crippen LogP contribution >= 0.6 is 7.75 Å². The molecule has 0 aromatic carbocycles. The number of aliphatic hydroxyl groups excluding tert-OH is 2. The summed E-state index contributed by atoms with van der Waals surface area (Å²) >= 11 is 0. The number of aromatic amines is 1. The van der Waals surface area contributed by atoms with E-state index in [0.29, 0.717) is 5.56 Å². The van der Waals surface area contributed by atoms with Crippen LogP contribution in [0.1, 0.15) is 18.2 Å². The Labute approximate surface area is 124 Å². The fourth-order valence-corrected chi connectivity index (χ4v) is 1.85. The smallest absolute Gasteiger partial charge is 0.394 e. The second-order valence-electron chi connectivity index (χ2n) is 4.68. The first kappa shape index (κ1) is 18.7. The molecule has 2 heterocycles. The molecule has 11 nitrogen and oxygen atoms in total. The van der Waals surface area contributed by atoms with Gasteiger partial charge in [-0.3, -0.25) is 14.3 Å². The first-order chi connectivity index (χ1) is 10.0. The SMILES string of the molecule is Cc1cn([C@H]2C[C@H](O)[C@@H](CO)O2)c(=O)[nH]c1=O.NP(=O)(O)O. The van der Waals surface area contributed by atoms with Gasteiger partial charge in [-0.25, -0.2) is 14.9 Å². The lowest BCUT2D eigenvalue weighted by molar-refractivity contribution is -0.0459. The number of nitrogens with one attached hydrogen (secondary N) is 1. The second kappa shape index (κ2) is 7.29. The Morgan fingerprint density at radius 2 is 2.05 bits per heavy atom. The van der Waals surface area contributed by atoms with Gasteiger partial charge in [0, 0.05) is 18.2 Å². The third-order valence-corrected chi connectivity index (χ3v) is 2.84. The van der Waals surface area contributed by atoms with Crippen LogP contribution in [0.15, 0.2) is 15.8 Å². The zero-order valence-corrected chi connectivity index (χ0v) is 12.5. The lowest BCUT2D eigenvalue weighted by atomic mass is 10.2. The van der Waals surface area contributed by atoms with E-state index in [1.165, 1.54) is 10.8 Å². The van der Waals surface area contributed by atoms with Crippen molar-refractivity contribution in [2.45, 2.75) is 31.8 Å². The number of ether oxygens (including phenoxy) is 1. The van der Waals surface area contributed by atoms with Crippen molar-refractivity contribution in [3.8, 4) is 0 Å². The van der Waals surface area contributed by atoms with E-state index in [4.69, 9.17) is 24.2 Å². The number of nitrogens with zero attached hydrogens (tertiary/aromatic N) is 1.